The number of likely N-dealkylation sites (N-methyl/N-ethyl adjacent to an activating group) is 1. The van der Waals surface area contributed by atoms with Gasteiger partial charge in [0.25, 0.3) is 11.8 Å². The van der Waals surface area contributed by atoms with E-state index in [1.165, 1.54) is 11.3 Å². The molecule has 2 heterocycles. The minimum absolute atomic E-state index is 0.0150. The van der Waals surface area contributed by atoms with E-state index in [1.807, 2.05) is 24.4 Å². The molecular formula is C21H21N3O4S. The van der Waals surface area contributed by atoms with Crippen LogP contribution in [0.25, 0.3) is 0 Å². The minimum atomic E-state index is -0.604. The summed E-state index contributed by atoms with van der Waals surface area (Å²) in [5, 5.41) is 7.62. The van der Waals surface area contributed by atoms with Gasteiger partial charge in [0.2, 0.25) is 11.8 Å². The number of nitrogens with zero attached hydrogens (tertiary/aromatic N) is 1. The van der Waals surface area contributed by atoms with E-state index >= 15 is 0 Å². The lowest BCUT2D eigenvalue weighted by atomic mass is 10.00. The van der Waals surface area contributed by atoms with Crippen molar-refractivity contribution in [1.29, 1.82) is 0 Å². The van der Waals surface area contributed by atoms with Gasteiger partial charge < -0.3 is 10.6 Å². The topological polar surface area (TPSA) is 95.6 Å². The molecule has 1 fully saturated rings. The van der Waals surface area contributed by atoms with Crippen LogP contribution >= 0.6 is 11.3 Å². The van der Waals surface area contributed by atoms with E-state index in [4.69, 9.17) is 0 Å². The standard InChI is InChI=1S/C21H21N3O4S/c1-2-22-20(28)21(16-8-5-9-29-16)10-13(21)11-23-17(25)12-24-18(26)14-6-3-4-7-15(14)19(24)27/h3-9,13H,2,10-12H2,1H3,(H,22,28)(H,23,25)/t13-,21-/m0/s1. The van der Waals surface area contributed by atoms with Crippen molar-refractivity contribution in [2.24, 2.45) is 5.92 Å². The number of imide groups is 1. The van der Waals surface area contributed by atoms with Crippen LogP contribution in [-0.2, 0) is 15.0 Å². The van der Waals surface area contributed by atoms with E-state index in [0.717, 1.165) is 9.78 Å². The summed E-state index contributed by atoms with van der Waals surface area (Å²) in [5.74, 6) is -1.37. The summed E-state index contributed by atoms with van der Waals surface area (Å²) < 4.78 is 0. The number of hydrogen-bond acceptors (Lipinski definition) is 5. The summed E-state index contributed by atoms with van der Waals surface area (Å²) in [6.45, 7) is 2.41. The highest BCUT2D eigenvalue weighted by molar-refractivity contribution is 7.10. The maximum absolute atomic E-state index is 12.7. The van der Waals surface area contributed by atoms with Crippen molar-refractivity contribution in [2.75, 3.05) is 19.6 Å². The van der Waals surface area contributed by atoms with Gasteiger partial charge in [-0.1, -0.05) is 18.2 Å². The summed E-state index contributed by atoms with van der Waals surface area (Å²) in [7, 11) is 0. The van der Waals surface area contributed by atoms with Crippen LogP contribution in [0.1, 0.15) is 38.9 Å². The predicted molar refractivity (Wildman–Crippen MR) is 108 cm³/mol. The molecular weight excluding hydrogens is 390 g/mol. The SMILES string of the molecule is CCNC(=O)[C@@]1(c2cccs2)C[C@H]1CNC(=O)CN1C(=O)c2ccccc2C1=O. The Labute approximate surface area is 172 Å². The third-order valence-electron chi connectivity index (χ3n) is 5.53. The number of amides is 4. The van der Waals surface area contributed by atoms with E-state index < -0.39 is 23.1 Å². The third kappa shape index (κ3) is 3.23. The van der Waals surface area contributed by atoms with E-state index in [0.29, 0.717) is 30.6 Å². The van der Waals surface area contributed by atoms with Crippen LogP contribution in [0, 0.1) is 5.92 Å². The number of carbonyl (C=O) groups is 4. The van der Waals surface area contributed by atoms with Crippen LogP contribution in [0.4, 0.5) is 0 Å². The van der Waals surface area contributed by atoms with Crippen molar-refractivity contribution in [2.45, 2.75) is 18.8 Å². The Hall–Kier alpha value is -3.00. The van der Waals surface area contributed by atoms with Gasteiger partial charge in [0, 0.05) is 18.0 Å². The lowest BCUT2D eigenvalue weighted by Crippen LogP contribution is -2.42. The van der Waals surface area contributed by atoms with Gasteiger partial charge in [-0.15, -0.1) is 11.3 Å². The molecule has 150 valence electrons. The van der Waals surface area contributed by atoms with Crippen molar-refractivity contribution in [3.63, 3.8) is 0 Å². The van der Waals surface area contributed by atoms with Crippen molar-refractivity contribution >= 4 is 35.0 Å². The molecule has 2 aliphatic rings. The fourth-order valence-electron chi connectivity index (χ4n) is 3.94. The zero-order valence-corrected chi connectivity index (χ0v) is 16.8. The highest BCUT2D eigenvalue weighted by atomic mass is 32.1. The summed E-state index contributed by atoms with van der Waals surface area (Å²) >= 11 is 1.53. The molecule has 0 spiro atoms. The molecule has 7 nitrogen and oxygen atoms in total. The minimum Gasteiger partial charge on any atom is -0.356 e. The van der Waals surface area contributed by atoms with Crippen LogP contribution in [0.5, 0.6) is 0 Å². The fourth-order valence-corrected chi connectivity index (χ4v) is 4.95. The molecule has 2 aromatic rings. The number of benzene rings is 1. The lowest BCUT2D eigenvalue weighted by Gasteiger charge is -2.17. The Morgan fingerprint density at radius 3 is 2.38 bits per heavy atom. The van der Waals surface area contributed by atoms with Gasteiger partial charge in [-0.25, -0.2) is 0 Å². The zero-order chi connectivity index (χ0) is 20.6. The Morgan fingerprint density at radius 2 is 1.79 bits per heavy atom. The molecule has 0 saturated heterocycles. The predicted octanol–water partition coefficient (Wildman–Crippen LogP) is 1.55. The number of fused-ring (bicyclic) bond motifs is 1. The molecule has 1 aliphatic carbocycles. The first kappa shape index (κ1) is 19.3. The second kappa shape index (κ2) is 7.44. The molecule has 0 bridgehead atoms. The van der Waals surface area contributed by atoms with Crippen LogP contribution in [0.3, 0.4) is 0 Å². The van der Waals surface area contributed by atoms with Crippen molar-refractivity contribution < 1.29 is 19.2 Å². The second-order valence-corrected chi connectivity index (χ2v) is 8.20. The molecule has 2 N–H and O–H groups in total. The number of rotatable bonds is 7. The Balaban J connectivity index is 1.38. The molecule has 29 heavy (non-hydrogen) atoms. The van der Waals surface area contributed by atoms with E-state index in [-0.39, 0.29) is 18.4 Å². The van der Waals surface area contributed by atoms with Crippen molar-refractivity contribution in [3.05, 3.63) is 57.8 Å². The normalized spacial score (nSPS) is 22.4. The summed E-state index contributed by atoms with van der Waals surface area (Å²) in [6, 6.07) is 10.4. The molecule has 4 amide bonds. The van der Waals surface area contributed by atoms with E-state index in [9.17, 15) is 19.2 Å². The highest BCUT2D eigenvalue weighted by Gasteiger charge is 2.61. The second-order valence-electron chi connectivity index (χ2n) is 7.26. The van der Waals surface area contributed by atoms with Gasteiger partial charge in [-0.05, 0) is 42.8 Å². The zero-order valence-electron chi connectivity index (χ0n) is 15.9. The fraction of sp³-hybridized carbons (Fsp3) is 0.333. The van der Waals surface area contributed by atoms with Crippen LogP contribution in [-0.4, -0.2) is 48.2 Å². The quantitative estimate of drug-likeness (QED) is 0.676. The molecule has 1 aromatic carbocycles. The average Bonchev–Trinajstić information content (AvgIpc) is 3.08. The third-order valence-corrected chi connectivity index (χ3v) is 6.58. The Kier molecular flexibility index (Phi) is 4.96. The number of carbonyl (C=O) groups excluding carboxylic acids is 4. The molecule has 1 saturated carbocycles. The van der Waals surface area contributed by atoms with Gasteiger partial charge in [0.05, 0.1) is 16.5 Å². The molecule has 1 aliphatic heterocycles. The largest absolute Gasteiger partial charge is 0.356 e. The highest BCUT2D eigenvalue weighted by Crippen LogP contribution is 2.55. The lowest BCUT2D eigenvalue weighted by molar-refractivity contribution is -0.124. The first-order valence-electron chi connectivity index (χ1n) is 9.53. The average molecular weight is 411 g/mol. The Morgan fingerprint density at radius 1 is 1.10 bits per heavy atom. The van der Waals surface area contributed by atoms with Gasteiger partial charge in [0.1, 0.15) is 6.54 Å². The smallest absolute Gasteiger partial charge is 0.262 e. The number of nitrogens with one attached hydrogen (secondary N) is 2. The van der Waals surface area contributed by atoms with Gasteiger partial charge in [0.15, 0.2) is 0 Å². The van der Waals surface area contributed by atoms with Crippen LogP contribution < -0.4 is 10.6 Å². The van der Waals surface area contributed by atoms with Crippen molar-refractivity contribution in [1.82, 2.24) is 15.5 Å². The van der Waals surface area contributed by atoms with Gasteiger partial charge in [-0.2, -0.15) is 0 Å². The van der Waals surface area contributed by atoms with Gasteiger partial charge in [-0.3, -0.25) is 24.1 Å². The number of hydrogen-bond donors (Lipinski definition) is 2. The molecule has 4 rings (SSSR count). The maximum Gasteiger partial charge on any atom is 0.262 e. The summed E-state index contributed by atoms with van der Waals surface area (Å²) in [5.41, 5.74) is 0.0355. The maximum atomic E-state index is 12.7. The van der Waals surface area contributed by atoms with E-state index in [2.05, 4.69) is 10.6 Å². The van der Waals surface area contributed by atoms with Gasteiger partial charge >= 0.3 is 0 Å². The van der Waals surface area contributed by atoms with E-state index in [1.54, 1.807) is 24.3 Å². The molecule has 0 radical (unpaired) electrons. The molecule has 8 heteroatoms. The monoisotopic (exact) mass is 411 g/mol. The summed E-state index contributed by atoms with van der Waals surface area (Å²) in [6.07, 6.45) is 0.659. The first-order chi connectivity index (χ1) is 14.0. The Bertz CT molecular complexity index is 953. The van der Waals surface area contributed by atoms with Crippen LogP contribution in [0.15, 0.2) is 41.8 Å². The molecule has 0 unspecified atom stereocenters. The molecule has 1 aromatic heterocycles. The summed E-state index contributed by atoms with van der Waals surface area (Å²) in [4.78, 5) is 51.8. The number of thiophene rings is 1. The molecule has 2 atom stereocenters. The van der Waals surface area contributed by atoms with Crippen molar-refractivity contribution in [3.8, 4) is 0 Å². The first-order valence-corrected chi connectivity index (χ1v) is 10.4. The van der Waals surface area contributed by atoms with Crippen LogP contribution in [0.2, 0.25) is 0 Å².